The van der Waals surface area contributed by atoms with Gasteiger partial charge in [-0.1, -0.05) is 0 Å². The Kier molecular flexibility index (Phi) is 6.93. The highest BCUT2D eigenvalue weighted by Crippen LogP contribution is 2.18. The minimum atomic E-state index is -1.15. The Hall–Kier alpha value is -1.83. The number of amides is 2. The number of urea groups is 1. The third kappa shape index (κ3) is 5.22. The molecule has 1 unspecified atom stereocenters. The summed E-state index contributed by atoms with van der Waals surface area (Å²) in [6.07, 6.45) is 1.04. The molecule has 120 valence electrons. The molecule has 0 bridgehead atoms. The Balaban J connectivity index is 2.44. The topological polar surface area (TPSA) is 105 Å². The van der Waals surface area contributed by atoms with E-state index in [0.29, 0.717) is 32.5 Å². The average molecular weight is 302 g/mol. The lowest BCUT2D eigenvalue weighted by Crippen LogP contribution is -2.52. The van der Waals surface area contributed by atoms with E-state index >= 15 is 0 Å². The number of carbonyl (C=O) groups excluding carboxylic acids is 2. The maximum Gasteiger partial charge on any atom is 0.328 e. The summed E-state index contributed by atoms with van der Waals surface area (Å²) in [5.41, 5.74) is 0. The van der Waals surface area contributed by atoms with Crippen LogP contribution in [0.2, 0.25) is 0 Å². The normalized spacial score (nSPS) is 17.1. The minimum absolute atomic E-state index is 0.0969. The van der Waals surface area contributed by atoms with Gasteiger partial charge in [0.2, 0.25) is 0 Å². The van der Waals surface area contributed by atoms with Gasteiger partial charge in [-0.2, -0.15) is 0 Å². The number of rotatable bonds is 6. The molecule has 8 heteroatoms. The van der Waals surface area contributed by atoms with Gasteiger partial charge in [-0.15, -0.1) is 0 Å². The van der Waals surface area contributed by atoms with E-state index in [2.05, 4.69) is 5.32 Å². The zero-order valence-corrected chi connectivity index (χ0v) is 12.3. The molecule has 0 spiro atoms. The molecule has 0 aromatic heterocycles. The number of nitrogens with one attached hydrogen (secondary N) is 1. The number of aliphatic carboxylic acids is 1. The van der Waals surface area contributed by atoms with Crippen LogP contribution in [-0.4, -0.2) is 67.4 Å². The van der Waals surface area contributed by atoms with Gasteiger partial charge in [0.05, 0.1) is 19.1 Å². The summed E-state index contributed by atoms with van der Waals surface area (Å²) >= 11 is 0. The minimum Gasteiger partial charge on any atom is -0.480 e. The van der Waals surface area contributed by atoms with Crippen LogP contribution in [0.5, 0.6) is 0 Å². The number of likely N-dealkylation sites (tertiary alicyclic amines) is 1. The molecule has 1 saturated heterocycles. The van der Waals surface area contributed by atoms with E-state index in [9.17, 15) is 14.4 Å². The van der Waals surface area contributed by atoms with Crippen molar-refractivity contribution in [3.8, 4) is 0 Å². The van der Waals surface area contributed by atoms with E-state index < -0.39 is 18.0 Å². The smallest absolute Gasteiger partial charge is 0.328 e. The molecule has 1 atom stereocenters. The Morgan fingerprint density at radius 1 is 1.33 bits per heavy atom. The second kappa shape index (κ2) is 8.46. The van der Waals surface area contributed by atoms with Crippen molar-refractivity contribution in [2.24, 2.45) is 5.92 Å². The Morgan fingerprint density at radius 3 is 2.43 bits per heavy atom. The third-order valence-corrected chi connectivity index (χ3v) is 3.33. The molecule has 1 aliphatic rings. The fraction of sp³-hybridized carbons (Fsp3) is 0.769. The number of methoxy groups -OCH3 is 1. The van der Waals surface area contributed by atoms with Crippen LogP contribution < -0.4 is 5.32 Å². The van der Waals surface area contributed by atoms with E-state index in [4.69, 9.17) is 14.6 Å². The van der Waals surface area contributed by atoms with Crippen molar-refractivity contribution in [2.75, 3.05) is 33.4 Å². The summed E-state index contributed by atoms with van der Waals surface area (Å²) in [5, 5.41) is 11.4. The lowest BCUT2D eigenvalue weighted by molar-refractivity contribution is -0.149. The highest BCUT2D eigenvalue weighted by molar-refractivity contribution is 5.83. The first-order chi connectivity index (χ1) is 9.99. The number of carbonyl (C=O) groups is 3. The number of ether oxygens (including phenoxy) is 2. The molecule has 0 aliphatic carbocycles. The number of hydrogen-bond donors (Lipinski definition) is 2. The van der Waals surface area contributed by atoms with Crippen LogP contribution in [0.25, 0.3) is 0 Å². The van der Waals surface area contributed by atoms with Gasteiger partial charge in [-0.05, 0) is 19.8 Å². The van der Waals surface area contributed by atoms with Crippen molar-refractivity contribution in [1.82, 2.24) is 10.2 Å². The van der Waals surface area contributed by atoms with E-state index in [1.807, 2.05) is 0 Å². The van der Waals surface area contributed by atoms with E-state index in [-0.39, 0.29) is 18.5 Å². The predicted octanol–water partition coefficient (Wildman–Crippen LogP) is 0.0707. The number of piperidine rings is 1. The van der Waals surface area contributed by atoms with Crippen LogP contribution in [0.15, 0.2) is 0 Å². The largest absolute Gasteiger partial charge is 0.480 e. The highest BCUT2D eigenvalue weighted by atomic mass is 16.5. The van der Waals surface area contributed by atoms with Crippen LogP contribution in [0.1, 0.15) is 19.8 Å². The van der Waals surface area contributed by atoms with Crippen LogP contribution in [0.3, 0.4) is 0 Å². The molecule has 0 aromatic rings. The zero-order valence-electron chi connectivity index (χ0n) is 12.3. The highest BCUT2D eigenvalue weighted by Gasteiger charge is 2.30. The fourth-order valence-corrected chi connectivity index (χ4v) is 2.16. The molecule has 1 rings (SSSR count). The van der Waals surface area contributed by atoms with Gasteiger partial charge in [0, 0.05) is 20.2 Å². The van der Waals surface area contributed by atoms with Crippen LogP contribution in [-0.2, 0) is 19.1 Å². The van der Waals surface area contributed by atoms with Crippen molar-refractivity contribution in [1.29, 1.82) is 0 Å². The Labute approximate surface area is 123 Å². The van der Waals surface area contributed by atoms with E-state index in [1.54, 1.807) is 6.92 Å². The first kappa shape index (κ1) is 17.2. The Bertz CT molecular complexity index is 379. The molecule has 1 fully saturated rings. The van der Waals surface area contributed by atoms with Gasteiger partial charge in [0.1, 0.15) is 0 Å². The van der Waals surface area contributed by atoms with Gasteiger partial charge >= 0.3 is 18.0 Å². The van der Waals surface area contributed by atoms with Crippen molar-refractivity contribution in [3.05, 3.63) is 0 Å². The maximum absolute atomic E-state index is 12.0. The molecule has 0 radical (unpaired) electrons. The molecular formula is C13H22N2O6. The summed E-state index contributed by atoms with van der Waals surface area (Å²) in [5.74, 6) is -1.57. The number of esters is 1. The molecule has 21 heavy (non-hydrogen) atoms. The molecule has 1 aliphatic heterocycles. The van der Waals surface area contributed by atoms with E-state index in [0.717, 1.165) is 0 Å². The first-order valence-electron chi connectivity index (χ1n) is 6.93. The van der Waals surface area contributed by atoms with Crippen molar-refractivity contribution in [2.45, 2.75) is 25.8 Å². The summed E-state index contributed by atoms with van der Waals surface area (Å²) in [6, 6.07) is -1.54. The number of nitrogens with zero attached hydrogens (tertiary/aromatic N) is 1. The Morgan fingerprint density at radius 2 is 1.95 bits per heavy atom. The SMILES string of the molecule is CCOC(=O)C1CCN(C(=O)NC(COC)C(=O)O)CC1. The number of carboxylic acids is 1. The van der Waals surface area contributed by atoms with Gasteiger partial charge in [0.15, 0.2) is 6.04 Å². The first-order valence-corrected chi connectivity index (χ1v) is 6.93. The molecule has 1 heterocycles. The lowest BCUT2D eigenvalue weighted by atomic mass is 9.97. The van der Waals surface area contributed by atoms with Crippen LogP contribution in [0, 0.1) is 5.92 Å². The standard InChI is InChI=1S/C13H22N2O6/c1-3-21-12(18)9-4-6-15(7-5-9)13(19)14-10(8-20-2)11(16)17/h9-10H,3-8H2,1-2H3,(H,14,19)(H,16,17). The lowest BCUT2D eigenvalue weighted by Gasteiger charge is -2.31. The summed E-state index contributed by atoms with van der Waals surface area (Å²) in [7, 11) is 1.37. The fourth-order valence-electron chi connectivity index (χ4n) is 2.16. The van der Waals surface area contributed by atoms with Crippen molar-refractivity contribution >= 4 is 18.0 Å². The van der Waals surface area contributed by atoms with Crippen molar-refractivity contribution < 1.29 is 29.0 Å². The van der Waals surface area contributed by atoms with Gasteiger partial charge in [-0.25, -0.2) is 9.59 Å². The van der Waals surface area contributed by atoms with E-state index in [1.165, 1.54) is 12.0 Å². The average Bonchev–Trinajstić information content (AvgIpc) is 2.47. The summed E-state index contributed by atoms with van der Waals surface area (Å²) in [6.45, 7) is 2.79. The molecule has 2 N–H and O–H groups in total. The van der Waals surface area contributed by atoms with Gasteiger partial charge in [-0.3, -0.25) is 4.79 Å². The van der Waals surface area contributed by atoms with Gasteiger partial charge < -0.3 is 24.8 Å². The molecule has 8 nitrogen and oxygen atoms in total. The van der Waals surface area contributed by atoms with Crippen molar-refractivity contribution in [3.63, 3.8) is 0 Å². The summed E-state index contributed by atoms with van der Waals surface area (Å²) < 4.78 is 9.71. The molecule has 0 saturated carbocycles. The number of hydrogen-bond acceptors (Lipinski definition) is 5. The van der Waals surface area contributed by atoms with Crippen LogP contribution >= 0.6 is 0 Å². The van der Waals surface area contributed by atoms with Gasteiger partial charge in [0.25, 0.3) is 0 Å². The maximum atomic E-state index is 12.0. The predicted molar refractivity (Wildman–Crippen MR) is 72.8 cm³/mol. The zero-order chi connectivity index (χ0) is 15.8. The summed E-state index contributed by atoms with van der Waals surface area (Å²) in [4.78, 5) is 36.0. The third-order valence-electron chi connectivity index (χ3n) is 3.33. The molecule has 2 amide bonds. The monoisotopic (exact) mass is 302 g/mol. The van der Waals surface area contributed by atoms with Crippen LogP contribution in [0.4, 0.5) is 4.79 Å². The second-order valence-corrected chi connectivity index (χ2v) is 4.81. The molecular weight excluding hydrogens is 280 g/mol. The second-order valence-electron chi connectivity index (χ2n) is 4.81. The molecule has 0 aromatic carbocycles. The number of carboxylic acid groups (broad SMARTS) is 1. The quantitative estimate of drug-likeness (QED) is 0.673.